The van der Waals surface area contributed by atoms with Crippen molar-refractivity contribution < 1.29 is 4.39 Å². The molecule has 20 heavy (non-hydrogen) atoms. The van der Waals surface area contributed by atoms with Crippen LogP contribution in [0.1, 0.15) is 17.0 Å². The second-order valence-corrected chi connectivity index (χ2v) is 5.37. The maximum atomic E-state index is 13.6. The van der Waals surface area contributed by atoms with Gasteiger partial charge in [0.05, 0.1) is 6.54 Å². The zero-order chi connectivity index (χ0) is 14.1. The van der Waals surface area contributed by atoms with E-state index in [-0.39, 0.29) is 10.8 Å². The van der Waals surface area contributed by atoms with Crippen molar-refractivity contribution in [2.45, 2.75) is 19.6 Å². The number of rotatable bonds is 3. The van der Waals surface area contributed by atoms with Crippen LogP contribution in [-0.4, -0.2) is 26.0 Å². The Morgan fingerprint density at radius 2 is 2.25 bits per heavy atom. The number of hydrogen-bond acceptors (Lipinski definition) is 3. The lowest BCUT2D eigenvalue weighted by molar-refractivity contribution is 0.209. The molecule has 1 aliphatic rings. The fourth-order valence-electron chi connectivity index (χ4n) is 2.48. The van der Waals surface area contributed by atoms with Crippen LogP contribution in [0.25, 0.3) is 0 Å². The Labute approximate surface area is 122 Å². The van der Waals surface area contributed by atoms with Gasteiger partial charge in [0.2, 0.25) is 0 Å². The molecular formula is C14H15FN4S. The summed E-state index contributed by atoms with van der Waals surface area (Å²) < 4.78 is 15.7. The molecule has 0 aliphatic carbocycles. The van der Waals surface area contributed by atoms with Gasteiger partial charge < -0.3 is 10.3 Å². The van der Waals surface area contributed by atoms with Gasteiger partial charge in [-0.1, -0.05) is 18.3 Å². The van der Waals surface area contributed by atoms with Gasteiger partial charge in [0.15, 0.2) is 0 Å². The van der Waals surface area contributed by atoms with E-state index in [9.17, 15) is 4.39 Å². The maximum Gasteiger partial charge on any atom is 0.133 e. The van der Waals surface area contributed by atoms with Crippen LogP contribution < -0.4 is 5.73 Å². The number of benzene rings is 1. The molecule has 0 saturated carbocycles. The highest BCUT2D eigenvalue weighted by atomic mass is 32.1. The summed E-state index contributed by atoms with van der Waals surface area (Å²) in [5.74, 6) is 0.698. The van der Waals surface area contributed by atoms with Gasteiger partial charge in [0.25, 0.3) is 0 Å². The molecule has 2 N–H and O–H groups in total. The fraction of sp³-hybridized carbons (Fsp3) is 0.286. The van der Waals surface area contributed by atoms with Gasteiger partial charge >= 0.3 is 0 Å². The van der Waals surface area contributed by atoms with Crippen LogP contribution in [0.15, 0.2) is 30.6 Å². The number of nitrogens with two attached hydrogens (primary N) is 1. The molecule has 0 unspecified atom stereocenters. The van der Waals surface area contributed by atoms with Gasteiger partial charge in [-0.15, -0.1) is 0 Å². The average Bonchev–Trinajstić information content (AvgIpc) is 2.88. The Kier molecular flexibility index (Phi) is 3.50. The molecule has 1 aliphatic heterocycles. The Hall–Kier alpha value is -1.79. The molecule has 0 radical (unpaired) electrons. The molecule has 0 spiro atoms. The molecule has 1 aromatic carbocycles. The van der Waals surface area contributed by atoms with Crippen molar-refractivity contribution in [1.29, 1.82) is 0 Å². The number of hydrogen-bond donors (Lipinski definition) is 1. The van der Waals surface area contributed by atoms with Gasteiger partial charge in [-0.05, 0) is 17.7 Å². The van der Waals surface area contributed by atoms with E-state index in [1.165, 1.54) is 6.07 Å². The molecule has 0 amide bonds. The third kappa shape index (κ3) is 2.57. The van der Waals surface area contributed by atoms with E-state index in [2.05, 4.69) is 14.5 Å². The topological polar surface area (TPSA) is 47.1 Å². The highest BCUT2D eigenvalue weighted by Crippen LogP contribution is 2.16. The molecule has 2 heterocycles. The lowest BCUT2D eigenvalue weighted by Crippen LogP contribution is -2.33. The molecule has 0 fully saturated rings. The minimum atomic E-state index is -0.365. The van der Waals surface area contributed by atoms with Crippen molar-refractivity contribution in [3.63, 3.8) is 0 Å². The van der Waals surface area contributed by atoms with Crippen LogP contribution >= 0.6 is 12.2 Å². The summed E-state index contributed by atoms with van der Waals surface area (Å²) in [6.07, 6.45) is 3.82. The lowest BCUT2D eigenvalue weighted by Gasteiger charge is -2.27. The number of thiocarbonyl (C=S) groups is 1. The van der Waals surface area contributed by atoms with E-state index in [4.69, 9.17) is 18.0 Å². The first-order valence-electron chi connectivity index (χ1n) is 6.44. The molecule has 1 aromatic heterocycles. The summed E-state index contributed by atoms with van der Waals surface area (Å²) in [6.45, 7) is 3.41. The zero-order valence-corrected chi connectivity index (χ0v) is 11.7. The first-order valence-corrected chi connectivity index (χ1v) is 6.85. The molecule has 2 aromatic rings. The summed E-state index contributed by atoms with van der Waals surface area (Å²) in [4.78, 5) is 6.70. The Morgan fingerprint density at radius 3 is 3.05 bits per heavy atom. The van der Waals surface area contributed by atoms with Crippen molar-refractivity contribution in [2.75, 3.05) is 6.54 Å². The predicted octanol–water partition coefficient (Wildman–Crippen LogP) is 1.67. The molecule has 0 bridgehead atoms. The van der Waals surface area contributed by atoms with Crippen LogP contribution in [0.4, 0.5) is 4.39 Å². The molecule has 6 heteroatoms. The van der Waals surface area contributed by atoms with Gasteiger partial charge in [-0.2, -0.15) is 0 Å². The van der Waals surface area contributed by atoms with Crippen LogP contribution in [0.5, 0.6) is 0 Å². The second-order valence-electron chi connectivity index (χ2n) is 4.93. The minimum Gasteiger partial charge on any atom is -0.389 e. The van der Waals surface area contributed by atoms with Crippen molar-refractivity contribution >= 4 is 17.2 Å². The minimum absolute atomic E-state index is 0.0959. The average molecular weight is 290 g/mol. The standard InChI is InChI=1S/C14H15FN4S/c15-12-2-1-10(7-11(12)14(16)20)8-18-5-6-19-4-3-17-13(19)9-18/h1-4,7H,5-6,8-9H2,(H2,16,20). The number of aromatic nitrogens is 2. The van der Waals surface area contributed by atoms with Crippen molar-refractivity contribution in [2.24, 2.45) is 5.73 Å². The third-order valence-electron chi connectivity index (χ3n) is 3.53. The fourth-order valence-corrected chi connectivity index (χ4v) is 2.63. The first-order chi connectivity index (χ1) is 9.63. The highest BCUT2D eigenvalue weighted by molar-refractivity contribution is 7.80. The summed E-state index contributed by atoms with van der Waals surface area (Å²) in [5, 5.41) is 0. The van der Waals surface area contributed by atoms with E-state index in [1.807, 2.05) is 12.4 Å². The van der Waals surface area contributed by atoms with Crippen LogP contribution in [0, 0.1) is 5.82 Å². The number of nitrogens with zero attached hydrogens (tertiary/aromatic N) is 3. The predicted molar refractivity (Wildman–Crippen MR) is 78.6 cm³/mol. The van der Waals surface area contributed by atoms with Gasteiger partial charge in [-0.25, -0.2) is 9.37 Å². The van der Waals surface area contributed by atoms with E-state index in [1.54, 1.807) is 12.1 Å². The quantitative estimate of drug-likeness (QED) is 0.874. The third-order valence-corrected chi connectivity index (χ3v) is 3.75. The van der Waals surface area contributed by atoms with Crippen LogP contribution in [0.3, 0.4) is 0 Å². The van der Waals surface area contributed by atoms with E-state index in [0.29, 0.717) is 5.56 Å². The summed E-state index contributed by atoms with van der Waals surface area (Å²) in [7, 11) is 0. The Morgan fingerprint density at radius 1 is 1.40 bits per heavy atom. The van der Waals surface area contributed by atoms with Crippen molar-refractivity contribution in [3.05, 3.63) is 53.4 Å². The molecule has 104 valence electrons. The molecule has 3 rings (SSSR count). The van der Waals surface area contributed by atoms with Crippen LogP contribution in [-0.2, 0) is 19.6 Å². The monoisotopic (exact) mass is 290 g/mol. The number of fused-ring (bicyclic) bond motifs is 1. The highest BCUT2D eigenvalue weighted by Gasteiger charge is 2.17. The Bertz CT molecular complexity index is 652. The SMILES string of the molecule is NC(=S)c1cc(CN2CCn3ccnc3C2)ccc1F. The molecule has 0 saturated heterocycles. The van der Waals surface area contributed by atoms with Crippen molar-refractivity contribution in [3.8, 4) is 0 Å². The maximum absolute atomic E-state index is 13.6. The van der Waals surface area contributed by atoms with Crippen molar-refractivity contribution in [1.82, 2.24) is 14.5 Å². The summed E-state index contributed by atoms with van der Waals surface area (Å²) >= 11 is 4.86. The number of halogens is 1. The van der Waals surface area contributed by atoms with Gasteiger partial charge in [0.1, 0.15) is 16.6 Å². The lowest BCUT2D eigenvalue weighted by atomic mass is 10.1. The Balaban J connectivity index is 1.76. The molecule has 0 atom stereocenters. The normalized spacial score (nSPS) is 15.1. The van der Waals surface area contributed by atoms with Crippen LogP contribution in [0.2, 0.25) is 0 Å². The van der Waals surface area contributed by atoms with E-state index in [0.717, 1.165) is 37.6 Å². The smallest absolute Gasteiger partial charge is 0.133 e. The summed E-state index contributed by atoms with van der Waals surface area (Å²) in [5.41, 5.74) is 6.85. The second kappa shape index (κ2) is 5.30. The summed E-state index contributed by atoms with van der Waals surface area (Å²) in [6, 6.07) is 4.94. The van der Waals surface area contributed by atoms with E-state index < -0.39 is 0 Å². The number of imidazole rings is 1. The van der Waals surface area contributed by atoms with Gasteiger partial charge in [-0.3, -0.25) is 4.90 Å². The largest absolute Gasteiger partial charge is 0.389 e. The molecule has 4 nitrogen and oxygen atoms in total. The van der Waals surface area contributed by atoms with Gasteiger partial charge in [0, 0.05) is 37.6 Å². The first kappa shape index (κ1) is 13.2. The molecular weight excluding hydrogens is 275 g/mol. The zero-order valence-electron chi connectivity index (χ0n) is 10.9. The van der Waals surface area contributed by atoms with E-state index >= 15 is 0 Å².